The number of amides is 1. The summed E-state index contributed by atoms with van der Waals surface area (Å²) in [5.41, 5.74) is 0.817. The molecule has 1 saturated heterocycles. The van der Waals surface area contributed by atoms with Gasteiger partial charge in [0.1, 0.15) is 5.76 Å². The zero-order valence-electron chi connectivity index (χ0n) is 13.7. The monoisotopic (exact) mass is 391 g/mol. The molecule has 6 heteroatoms. The molecule has 1 N–H and O–H groups in total. The molecule has 1 aromatic heterocycles. The number of rotatable bonds is 5. The van der Waals surface area contributed by atoms with Crippen LogP contribution in [-0.2, 0) is 11.3 Å². The average molecular weight is 392 g/mol. The quantitative estimate of drug-likeness (QED) is 0.849. The maximum Gasteiger partial charge on any atom is 0.241 e. The Morgan fingerprint density at radius 2 is 2.04 bits per heavy atom. The molecule has 1 aromatic carbocycles. The third kappa shape index (κ3) is 4.47. The standard InChI is InChI=1S/C18H22BrN3O2/c1-14(18(23)20-16-5-2-4-15(19)12-16)22-9-7-21(8-10-22)13-17-6-3-11-24-17/h2-6,11-12,14H,7-10,13H2,1H3,(H,20,23). The van der Waals surface area contributed by atoms with E-state index in [0.717, 1.165) is 48.6 Å². The van der Waals surface area contributed by atoms with E-state index in [1.807, 2.05) is 43.3 Å². The molecule has 0 bridgehead atoms. The molecule has 1 fully saturated rings. The van der Waals surface area contributed by atoms with E-state index in [4.69, 9.17) is 4.42 Å². The van der Waals surface area contributed by atoms with Crippen molar-refractivity contribution in [3.8, 4) is 0 Å². The fourth-order valence-electron chi connectivity index (χ4n) is 2.91. The highest BCUT2D eigenvalue weighted by molar-refractivity contribution is 9.10. The Morgan fingerprint density at radius 1 is 1.25 bits per heavy atom. The molecule has 0 aliphatic carbocycles. The molecule has 1 unspecified atom stereocenters. The second-order valence-corrected chi connectivity index (χ2v) is 6.98. The van der Waals surface area contributed by atoms with E-state index in [1.165, 1.54) is 0 Å². The Kier molecular flexibility index (Phi) is 5.71. The minimum atomic E-state index is -0.144. The van der Waals surface area contributed by atoms with Crippen LogP contribution < -0.4 is 5.32 Å². The summed E-state index contributed by atoms with van der Waals surface area (Å²) in [4.78, 5) is 17.0. The molecular weight excluding hydrogens is 370 g/mol. The number of carbonyl (C=O) groups is 1. The molecule has 128 valence electrons. The van der Waals surface area contributed by atoms with Gasteiger partial charge in [-0.05, 0) is 37.3 Å². The van der Waals surface area contributed by atoms with Crippen molar-refractivity contribution in [2.45, 2.75) is 19.5 Å². The highest BCUT2D eigenvalue weighted by Crippen LogP contribution is 2.17. The number of carbonyl (C=O) groups excluding carboxylic acids is 1. The van der Waals surface area contributed by atoms with Gasteiger partial charge in [-0.15, -0.1) is 0 Å². The lowest BCUT2D eigenvalue weighted by molar-refractivity contribution is -0.121. The number of piperazine rings is 1. The van der Waals surface area contributed by atoms with E-state index in [-0.39, 0.29) is 11.9 Å². The Hall–Kier alpha value is -1.63. The van der Waals surface area contributed by atoms with E-state index < -0.39 is 0 Å². The van der Waals surface area contributed by atoms with Crippen molar-refractivity contribution in [3.63, 3.8) is 0 Å². The zero-order chi connectivity index (χ0) is 16.9. The first-order valence-corrected chi connectivity index (χ1v) is 8.96. The van der Waals surface area contributed by atoms with E-state index >= 15 is 0 Å². The molecule has 24 heavy (non-hydrogen) atoms. The van der Waals surface area contributed by atoms with Crippen molar-refractivity contribution in [2.24, 2.45) is 0 Å². The number of anilines is 1. The van der Waals surface area contributed by atoms with Crippen LogP contribution in [0.25, 0.3) is 0 Å². The largest absolute Gasteiger partial charge is 0.468 e. The van der Waals surface area contributed by atoms with Crippen LogP contribution in [0.1, 0.15) is 12.7 Å². The predicted octanol–water partition coefficient (Wildman–Crippen LogP) is 3.19. The van der Waals surface area contributed by atoms with Gasteiger partial charge in [0.05, 0.1) is 18.8 Å². The van der Waals surface area contributed by atoms with Gasteiger partial charge in [0.2, 0.25) is 5.91 Å². The van der Waals surface area contributed by atoms with Crippen LogP contribution in [0.3, 0.4) is 0 Å². The van der Waals surface area contributed by atoms with Gasteiger partial charge < -0.3 is 9.73 Å². The summed E-state index contributed by atoms with van der Waals surface area (Å²) < 4.78 is 6.36. The smallest absolute Gasteiger partial charge is 0.241 e. The van der Waals surface area contributed by atoms with E-state index in [9.17, 15) is 4.79 Å². The van der Waals surface area contributed by atoms with Gasteiger partial charge in [0.15, 0.2) is 0 Å². The van der Waals surface area contributed by atoms with Crippen LogP contribution >= 0.6 is 15.9 Å². The highest BCUT2D eigenvalue weighted by Gasteiger charge is 2.25. The first-order valence-electron chi connectivity index (χ1n) is 8.17. The van der Waals surface area contributed by atoms with Crippen molar-refractivity contribution < 1.29 is 9.21 Å². The van der Waals surface area contributed by atoms with E-state index in [0.29, 0.717) is 0 Å². The van der Waals surface area contributed by atoms with Crippen molar-refractivity contribution in [3.05, 3.63) is 52.9 Å². The molecule has 2 aromatic rings. The Balaban J connectivity index is 1.49. The van der Waals surface area contributed by atoms with Gasteiger partial charge in [-0.25, -0.2) is 0 Å². The summed E-state index contributed by atoms with van der Waals surface area (Å²) in [6.07, 6.45) is 1.71. The third-order valence-corrected chi connectivity index (χ3v) is 4.88. The van der Waals surface area contributed by atoms with Gasteiger partial charge in [-0.1, -0.05) is 22.0 Å². The molecule has 5 nitrogen and oxygen atoms in total. The SMILES string of the molecule is CC(C(=O)Nc1cccc(Br)c1)N1CCN(Cc2ccco2)CC1. The van der Waals surface area contributed by atoms with Crippen LogP contribution in [0.4, 0.5) is 5.69 Å². The number of benzene rings is 1. The number of nitrogens with zero attached hydrogens (tertiary/aromatic N) is 2. The average Bonchev–Trinajstić information content (AvgIpc) is 3.08. The van der Waals surface area contributed by atoms with Crippen LogP contribution in [0.15, 0.2) is 51.6 Å². The summed E-state index contributed by atoms with van der Waals surface area (Å²) in [6, 6.07) is 11.4. The van der Waals surface area contributed by atoms with Crippen molar-refractivity contribution in [1.82, 2.24) is 9.80 Å². The molecule has 1 amide bonds. The second-order valence-electron chi connectivity index (χ2n) is 6.07. The third-order valence-electron chi connectivity index (χ3n) is 4.39. The van der Waals surface area contributed by atoms with Crippen molar-refractivity contribution in [2.75, 3.05) is 31.5 Å². The van der Waals surface area contributed by atoms with E-state index in [2.05, 4.69) is 31.0 Å². The normalized spacial score (nSPS) is 17.6. The second kappa shape index (κ2) is 7.96. The Morgan fingerprint density at radius 3 is 2.71 bits per heavy atom. The van der Waals surface area contributed by atoms with Crippen molar-refractivity contribution >= 4 is 27.5 Å². The number of nitrogens with one attached hydrogen (secondary N) is 1. The number of hydrogen-bond acceptors (Lipinski definition) is 4. The summed E-state index contributed by atoms with van der Waals surface area (Å²) in [6.45, 7) is 6.45. The number of halogens is 1. The summed E-state index contributed by atoms with van der Waals surface area (Å²) >= 11 is 3.42. The van der Waals surface area contributed by atoms with E-state index in [1.54, 1.807) is 6.26 Å². The Bertz CT molecular complexity index is 667. The van der Waals surface area contributed by atoms with Gasteiger partial charge in [0, 0.05) is 36.3 Å². The molecule has 1 aliphatic rings. The minimum Gasteiger partial charge on any atom is -0.468 e. The Labute approximate surface area is 150 Å². The lowest BCUT2D eigenvalue weighted by atomic mass is 10.2. The topological polar surface area (TPSA) is 48.7 Å². The van der Waals surface area contributed by atoms with Gasteiger partial charge in [-0.3, -0.25) is 14.6 Å². The minimum absolute atomic E-state index is 0.0348. The maximum absolute atomic E-state index is 12.5. The fourth-order valence-corrected chi connectivity index (χ4v) is 3.31. The van der Waals surface area contributed by atoms with Crippen LogP contribution in [0.5, 0.6) is 0 Å². The van der Waals surface area contributed by atoms with Crippen LogP contribution in [-0.4, -0.2) is 47.9 Å². The highest BCUT2D eigenvalue weighted by atomic mass is 79.9. The lowest BCUT2D eigenvalue weighted by Crippen LogP contribution is -2.52. The van der Waals surface area contributed by atoms with Crippen LogP contribution in [0, 0.1) is 0 Å². The molecule has 2 heterocycles. The molecule has 1 aliphatic heterocycles. The fraction of sp³-hybridized carbons (Fsp3) is 0.389. The summed E-state index contributed by atoms with van der Waals surface area (Å²) in [7, 11) is 0. The van der Waals surface area contributed by atoms with Gasteiger partial charge in [-0.2, -0.15) is 0 Å². The molecule has 1 atom stereocenters. The number of hydrogen-bond donors (Lipinski definition) is 1. The van der Waals surface area contributed by atoms with Gasteiger partial charge >= 0.3 is 0 Å². The van der Waals surface area contributed by atoms with Crippen molar-refractivity contribution in [1.29, 1.82) is 0 Å². The van der Waals surface area contributed by atoms with Gasteiger partial charge in [0.25, 0.3) is 0 Å². The summed E-state index contributed by atoms with van der Waals surface area (Å²) in [5, 5.41) is 2.99. The maximum atomic E-state index is 12.5. The molecule has 0 radical (unpaired) electrons. The zero-order valence-corrected chi connectivity index (χ0v) is 15.3. The number of furan rings is 1. The molecule has 0 spiro atoms. The summed E-state index contributed by atoms with van der Waals surface area (Å²) in [5.74, 6) is 1.02. The molecular formula is C18H22BrN3O2. The lowest BCUT2D eigenvalue weighted by Gasteiger charge is -2.37. The molecule has 0 saturated carbocycles. The molecule has 3 rings (SSSR count). The predicted molar refractivity (Wildman–Crippen MR) is 97.8 cm³/mol. The first-order chi connectivity index (χ1) is 11.6. The first kappa shape index (κ1) is 17.2. The van der Waals surface area contributed by atoms with Crippen LogP contribution in [0.2, 0.25) is 0 Å².